The van der Waals surface area contributed by atoms with E-state index in [0.717, 1.165) is 5.69 Å². The molecule has 0 radical (unpaired) electrons. The van der Waals surface area contributed by atoms with Crippen LogP contribution in [0.2, 0.25) is 0 Å². The quantitative estimate of drug-likeness (QED) is 0.431. The van der Waals surface area contributed by atoms with Crippen LogP contribution in [0.15, 0.2) is 30.3 Å². The number of benzene rings is 1. The van der Waals surface area contributed by atoms with Gasteiger partial charge in [0.1, 0.15) is 5.69 Å². The molecule has 3 N–H and O–H groups in total. The van der Waals surface area contributed by atoms with Gasteiger partial charge >= 0.3 is 0 Å². The topological polar surface area (TPSA) is 27.6 Å². The number of quaternary nitrogens is 1. The van der Waals surface area contributed by atoms with E-state index >= 15 is 0 Å². The molecule has 0 aliphatic heterocycles. The van der Waals surface area contributed by atoms with E-state index in [4.69, 9.17) is 0 Å². The minimum Gasteiger partial charge on any atom is -1.00 e. The molecule has 1 rings (SSSR count). The normalized spacial score (nSPS) is 6.10. The SMILES string of the molecule is [Cl-].[Cl-].[Cl-].[NH3+]c1ccccc1. The van der Waals surface area contributed by atoms with E-state index in [-0.39, 0.29) is 37.2 Å². The second kappa shape index (κ2) is 9.05. The lowest BCUT2D eigenvalue weighted by atomic mass is 10.3. The first-order chi connectivity index (χ1) is 3.39. The first-order valence-electron chi connectivity index (χ1n) is 2.26. The van der Waals surface area contributed by atoms with Crippen LogP contribution in [-0.4, -0.2) is 0 Å². The Morgan fingerprint density at radius 1 is 0.800 bits per heavy atom. The zero-order chi connectivity index (χ0) is 5.11. The van der Waals surface area contributed by atoms with Gasteiger partial charge in [-0.2, -0.15) is 0 Å². The fraction of sp³-hybridized carbons (Fsp3) is 0. The van der Waals surface area contributed by atoms with Crippen molar-refractivity contribution in [1.82, 2.24) is 0 Å². The summed E-state index contributed by atoms with van der Waals surface area (Å²) >= 11 is 0. The van der Waals surface area contributed by atoms with Gasteiger partial charge in [-0.3, -0.25) is 0 Å². The van der Waals surface area contributed by atoms with Crippen molar-refractivity contribution in [2.75, 3.05) is 0 Å². The Morgan fingerprint density at radius 2 is 1.20 bits per heavy atom. The summed E-state index contributed by atoms with van der Waals surface area (Å²) < 4.78 is 0. The Kier molecular flexibility index (Phi) is 15.0. The summed E-state index contributed by atoms with van der Waals surface area (Å²) in [6, 6.07) is 9.87. The van der Waals surface area contributed by atoms with Gasteiger partial charge in [0.25, 0.3) is 0 Å². The van der Waals surface area contributed by atoms with E-state index in [1.807, 2.05) is 30.3 Å². The third kappa shape index (κ3) is 6.17. The molecule has 1 aromatic carbocycles. The van der Waals surface area contributed by atoms with Crippen LogP contribution in [0.1, 0.15) is 0 Å². The maximum atomic E-state index is 3.72. The van der Waals surface area contributed by atoms with Crippen LogP contribution in [0, 0.1) is 0 Å². The lowest BCUT2D eigenvalue weighted by Crippen LogP contribution is -3.00. The van der Waals surface area contributed by atoms with Crippen molar-refractivity contribution in [1.29, 1.82) is 0 Å². The molecular formula is C6H8Cl3N-2. The standard InChI is InChI=1S/C6H7N.3ClH/c7-6-4-2-1-3-5-6;;;/h1-5H,7H2;3*1H/p-2. The van der Waals surface area contributed by atoms with Crippen LogP contribution in [-0.2, 0) is 0 Å². The lowest BCUT2D eigenvalue weighted by Gasteiger charge is -1.78. The molecule has 0 unspecified atom stereocenters. The third-order valence-corrected chi connectivity index (χ3v) is 0.843. The molecule has 0 heterocycles. The number of halogens is 3. The van der Waals surface area contributed by atoms with E-state index in [1.165, 1.54) is 0 Å². The zero-order valence-electron chi connectivity index (χ0n) is 5.23. The molecule has 1 aromatic rings. The molecule has 60 valence electrons. The van der Waals surface area contributed by atoms with Crippen molar-refractivity contribution in [2.45, 2.75) is 0 Å². The van der Waals surface area contributed by atoms with Gasteiger partial charge in [-0.05, 0) is 12.1 Å². The monoisotopic (exact) mass is 199 g/mol. The molecule has 0 saturated carbocycles. The van der Waals surface area contributed by atoms with Gasteiger partial charge in [-0.15, -0.1) is 0 Å². The molecule has 0 aromatic heterocycles. The number of hydrogen-bond acceptors (Lipinski definition) is 0. The Bertz CT molecular complexity index is 143. The van der Waals surface area contributed by atoms with Crippen molar-refractivity contribution >= 4 is 5.69 Å². The van der Waals surface area contributed by atoms with Crippen LogP contribution in [0.4, 0.5) is 5.69 Å². The van der Waals surface area contributed by atoms with Crippen LogP contribution in [0.25, 0.3) is 0 Å². The molecule has 0 spiro atoms. The van der Waals surface area contributed by atoms with Crippen LogP contribution in [0.5, 0.6) is 0 Å². The average molecular weight is 200 g/mol. The highest BCUT2D eigenvalue weighted by atomic mass is 35.5. The van der Waals surface area contributed by atoms with Crippen molar-refractivity contribution in [3.05, 3.63) is 30.3 Å². The van der Waals surface area contributed by atoms with E-state index < -0.39 is 0 Å². The van der Waals surface area contributed by atoms with Gasteiger partial charge in [-0.25, -0.2) is 0 Å². The molecule has 0 saturated heterocycles. The maximum Gasteiger partial charge on any atom is 0.127 e. The van der Waals surface area contributed by atoms with Crippen molar-refractivity contribution in [2.24, 2.45) is 0 Å². The van der Waals surface area contributed by atoms with E-state index in [1.54, 1.807) is 0 Å². The van der Waals surface area contributed by atoms with Crippen molar-refractivity contribution < 1.29 is 43.0 Å². The Balaban J connectivity index is -0.000000163. The molecule has 4 heteroatoms. The molecule has 0 amide bonds. The third-order valence-electron chi connectivity index (χ3n) is 0.843. The van der Waals surface area contributed by atoms with Crippen LogP contribution >= 0.6 is 0 Å². The Hall–Kier alpha value is 0.0500. The van der Waals surface area contributed by atoms with Gasteiger partial charge < -0.3 is 43.0 Å². The van der Waals surface area contributed by atoms with E-state index in [9.17, 15) is 0 Å². The largest absolute Gasteiger partial charge is 1.00 e. The van der Waals surface area contributed by atoms with Crippen molar-refractivity contribution in [3.63, 3.8) is 0 Å². The summed E-state index contributed by atoms with van der Waals surface area (Å²) in [6.07, 6.45) is 0. The summed E-state index contributed by atoms with van der Waals surface area (Å²) in [5.74, 6) is 0. The predicted molar refractivity (Wildman–Crippen MR) is 29.0 cm³/mol. The number of rotatable bonds is 0. The fourth-order valence-corrected chi connectivity index (χ4v) is 0.478. The highest BCUT2D eigenvalue weighted by Crippen LogP contribution is 1.93. The second-order valence-corrected chi connectivity index (χ2v) is 1.49. The fourth-order valence-electron chi connectivity index (χ4n) is 0.478. The lowest BCUT2D eigenvalue weighted by molar-refractivity contribution is -0.254. The smallest absolute Gasteiger partial charge is 0.127 e. The molecule has 0 fully saturated rings. The molecule has 0 bridgehead atoms. The average Bonchev–Trinajstić information content (AvgIpc) is 1.69. The summed E-state index contributed by atoms with van der Waals surface area (Å²) in [5, 5.41) is 0. The highest BCUT2D eigenvalue weighted by molar-refractivity contribution is 5.25. The second-order valence-electron chi connectivity index (χ2n) is 1.49. The summed E-state index contributed by atoms with van der Waals surface area (Å²) in [6.45, 7) is 0. The van der Waals surface area contributed by atoms with Crippen LogP contribution < -0.4 is 43.0 Å². The van der Waals surface area contributed by atoms with E-state index in [0.29, 0.717) is 0 Å². The maximum absolute atomic E-state index is 3.72. The molecule has 1 nitrogen and oxygen atoms in total. The zero-order valence-corrected chi connectivity index (χ0v) is 7.50. The van der Waals surface area contributed by atoms with Crippen molar-refractivity contribution in [3.8, 4) is 0 Å². The first kappa shape index (κ1) is 16.6. The highest BCUT2D eigenvalue weighted by Gasteiger charge is 1.77. The van der Waals surface area contributed by atoms with Crippen LogP contribution in [0.3, 0.4) is 0 Å². The summed E-state index contributed by atoms with van der Waals surface area (Å²) in [5.41, 5.74) is 4.79. The Morgan fingerprint density at radius 3 is 1.40 bits per heavy atom. The van der Waals surface area contributed by atoms with Gasteiger partial charge in [0.2, 0.25) is 0 Å². The summed E-state index contributed by atoms with van der Waals surface area (Å²) in [7, 11) is 0. The predicted octanol–water partition coefficient (Wildman–Crippen LogP) is -8.43. The molecular weight excluding hydrogens is 192 g/mol. The van der Waals surface area contributed by atoms with Gasteiger partial charge in [0.15, 0.2) is 0 Å². The first-order valence-corrected chi connectivity index (χ1v) is 2.26. The number of hydrogen-bond donors (Lipinski definition) is 1. The summed E-state index contributed by atoms with van der Waals surface area (Å²) in [4.78, 5) is 0. The molecule has 0 aliphatic rings. The van der Waals surface area contributed by atoms with Gasteiger partial charge in [-0.1, -0.05) is 18.2 Å². The minimum atomic E-state index is 0. The molecule has 0 aliphatic carbocycles. The minimum absolute atomic E-state index is 0. The Labute approximate surface area is 79.2 Å². The molecule has 0 atom stereocenters. The molecule has 10 heavy (non-hydrogen) atoms. The van der Waals surface area contributed by atoms with Gasteiger partial charge in [0, 0.05) is 0 Å². The van der Waals surface area contributed by atoms with Gasteiger partial charge in [0.05, 0.1) is 0 Å². The van der Waals surface area contributed by atoms with E-state index in [2.05, 4.69) is 5.73 Å².